The molecule has 2 fully saturated rings. The molecule has 10 heteroatoms. The first-order chi connectivity index (χ1) is 16.5. The molecule has 2 aliphatic rings. The van der Waals surface area contributed by atoms with Crippen molar-refractivity contribution in [3.63, 3.8) is 0 Å². The number of hydrogen-bond donors (Lipinski definition) is 1. The number of aromatic nitrogens is 3. The largest absolute Gasteiger partial charge is 0.444 e. The molecule has 0 spiro atoms. The SMILES string of the molecule is CC(C)(C)OC(=O)N1CCC(c2cn(COCC[Si](C)(C)C)c3ncc(NC4COC4)nc23)CC1. The number of nitrogens with zero attached hydrogens (tertiary/aromatic N) is 4. The van der Waals surface area contributed by atoms with Crippen LogP contribution in [0.4, 0.5) is 10.6 Å². The second-order valence-corrected chi connectivity index (χ2v) is 17.6. The average molecular weight is 504 g/mol. The number of carbonyl (C=O) groups is 1. The van der Waals surface area contributed by atoms with Gasteiger partial charge in [-0.1, -0.05) is 19.6 Å². The third kappa shape index (κ3) is 6.95. The highest BCUT2D eigenvalue weighted by Crippen LogP contribution is 2.34. The van der Waals surface area contributed by atoms with E-state index in [1.165, 1.54) is 5.56 Å². The minimum atomic E-state index is -1.15. The van der Waals surface area contributed by atoms with Crippen molar-refractivity contribution in [1.29, 1.82) is 0 Å². The number of anilines is 1. The van der Waals surface area contributed by atoms with Crippen molar-refractivity contribution in [2.75, 3.05) is 38.2 Å². The molecule has 0 atom stereocenters. The Morgan fingerprint density at radius 2 is 1.94 bits per heavy atom. The predicted octanol–water partition coefficient (Wildman–Crippen LogP) is 4.67. The Balaban J connectivity index is 1.50. The zero-order valence-electron chi connectivity index (χ0n) is 22.1. The summed E-state index contributed by atoms with van der Waals surface area (Å²) < 4.78 is 19.0. The summed E-state index contributed by atoms with van der Waals surface area (Å²) in [6.45, 7) is 16.7. The van der Waals surface area contributed by atoms with Gasteiger partial charge in [-0.3, -0.25) is 0 Å². The van der Waals surface area contributed by atoms with Gasteiger partial charge in [0.05, 0.1) is 25.5 Å². The third-order valence-corrected chi connectivity index (χ3v) is 8.10. The van der Waals surface area contributed by atoms with Crippen LogP contribution in [0, 0.1) is 0 Å². The highest BCUT2D eigenvalue weighted by Gasteiger charge is 2.30. The number of hydrogen-bond acceptors (Lipinski definition) is 7. The number of likely N-dealkylation sites (tertiary alicyclic amines) is 1. The Hall–Kier alpha value is -2.17. The van der Waals surface area contributed by atoms with E-state index < -0.39 is 13.7 Å². The third-order valence-electron chi connectivity index (χ3n) is 6.40. The summed E-state index contributed by atoms with van der Waals surface area (Å²) >= 11 is 0. The van der Waals surface area contributed by atoms with Gasteiger partial charge in [0.25, 0.3) is 0 Å². The van der Waals surface area contributed by atoms with Crippen molar-refractivity contribution >= 4 is 31.1 Å². The summed E-state index contributed by atoms with van der Waals surface area (Å²) in [5.41, 5.74) is 2.46. The lowest BCUT2D eigenvalue weighted by atomic mass is 9.91. The number of carbonyl (C=O) groups excluding carboxylic acids is 1. The normalized spacial score (nSPS) is 18.1. The van der Waals surface area contributed by atoms with Crippen molar-refractivity contribution in [3.8, 4) is 0 Å². The molecule has 0 unspecified atom stereocenters. The number of rotatable bonds is 8. The maximum absolute atomic E-state index is 12.5. The molecule has 0 aromatic carbocycles. The Bertz CT molecular complexity index is 1020. The smallest absolute Gasteiger partial charge is 0.410 e. The van der Waals surface area contributed by atoms with Crippen LogP contribution < -0.4 is 5.32 Å². The predicted molar refractivity (Wildman–Crippen MR) is 140 cm³/mol. The first-order valence-electron chi connectivity index (χ1n) is 12.7. The molecule has 0 radical (unpaired) electrons. The van der Waals surface area contributed by atoms with Gasteiger partial charge >= 0.3 is 6.09 Å². The maximum atomic E-state index is 12.5. The van der Waals surface area contributed by atoms with Crippen LogP contribution in [-0.2, 0) is 20.9 Å². The van der Waals surface area contributed by atoms with Crippen LogP contribution in [0.1, 0.15) is 45.1 Å². The van der Waals surface area contributed by atoms with Crippen molar-refractivity contribution < 1.29 is 19.0 Å². The van der Waals surface area contributed by atoms with Gasteiger partial charge in [0.2, 0.25) is 0 Å². The molecule has 2 aromatic rings. The van der Waals surface area contributed by atoms with Gasteiger partial charge in [0.15, 0.2) is 5.65 Å². The molecular formula is C25H41N5O4Si. The quantitative estimate of drug-likeness (QED) is 0.413. The number of fused-ring (bicyclic) bond motifs is 1. The molecule has 35 heavy (non-hydrogen) atoms. The highest BCUT2D eigenvalue weighted by molar-refractivity contribution is 6.76. The van der Waals surface area contributed by atoms with E-state index in [0.717, 1.165) is 42.5 Å². The first-order valence-corrected chi connectivity index (χ1v) is 16.4. The Morgan fingerprint density at radius 3 is 2.54 bits per heavy atom. The molecule has 4 heterocycles. The fraction of sp³-hybridized carbons (Fsp3) is 0.720. The summed E-state index contributed by atoms with van der Waals surface area (Å²) in [6.07, 6.45) is 5.45. The molecule has 9 nitrogen and oxygen atoms in total. The Labute approximate surface area is 209 Å². The van der Waals surface area contributed by atoms with Crippen LogP contribution in [0.3, 0.4) is 0 Å². The molecule has 2 saturated heterocycles. The first kappa shape index (κ1) is 25.9. The lowest BCUT2D eigenvalue weighted by Crippen LogP contribution is -2.41. The molecular weight excluding hydrogens is 462 g/mol. The molecule has 4 rings (SSSR count). The Morgan fingerprint density at radius 1 is 1.23 bits per heavy atom. The number of piperidine rings is 1. The van der Waals surface area contributed by atoms with Crippen LogP contribution >= 0.6 is 0 Å². The molecule has 1 N–H and O–H groups in total. The van der Waals surface area contributed by atoms with E-state index in [0.29, 0.717) is 39.0 Å². The van der Waals surface area contributed by atoms with Gasteiger partial charge in [0.1, 0.15) is 23.7 Å². The van der Waals surface area contributed by atoms with Crippen molar-refractivity contribution in [2.24, 2.45) is 0 Å². The zero-order valence-corrected chi connectivity index (χ0v) is 23.1. The van der Waals surface area contributed by atoms with Gasteiger partial charge in [-0.15, -0.1) is 0 Å². The molecule has 2 aromatic heterocycles. The fourth-order valence-corrected chi connectivity index (χ4v) is 5.07. The van der Waals surface area contributed by atoms with E-state index >= 15 is 0 Å². The summed E-state index contributed by atoms with van der Waals surface area (Å²) in [6, 6.07) is 1.42. The van der Waals surface area contributed by atoms with E-state index in [1.54, 1.807) is 6.20 Å². The van der Waals surface area contributed by atoms with Gasteiger partial charge in [0, 0.05) is 39.5 Å². The van der Waals surface area contributed by atoms with Crippen LogP contribution in [0.25, 0.3) is 11.2 Å². The van der Waals surface area contributed by atoms with Crippen molar-refractivity contribution in [3.05, 3.63) is 18.0 Å². The van der Waals surface area contributed by atoms with Crippen molar-refractivity contribution in [2.45, 2.75) is 83.6 Å². The van der Waals surface area contributed by atoms with Gasteiger partial charge in [-0.05, 0) is 45.6 Å². The topological polar surface area (TPSA) is 90.7 Å². The van der Waals surface area contributed by atoms with Crippen LogP contribution in [-0.4, -0.2) is 78.2 Å². The second kappa shape index (κ2) is 10.4. The lowest BCUT2D eigenvalue weighted by molar-refractivity contribution is 0.0204. The van der Waals surface area contributed by atoms with Crippen LogP contribution in [0.2, 0.25) is 25.7 Å². The monoisotopic (exact) mass is 503 g/mol. The van der Waals surface area contributed by atoms with E-state index in [9.17, 15) is 4.79 Å². The molecule has 0 aliphatic carbocycles. The lowest BCUT2D eigenvalue weighted by Gasteiger charge is -2.33. The summed E-state index contributed by atoms with van der Waals surface area (Å²) in [7, 11) is -1.15. The van der Waals surface area contributed by atoms with Crippen molar-refractivity contribution in [1.82, 2.24) is 19.4 Å². The highest BCUT2D eigenvalue weighted by atomic mass is 28.3. The van der Waals surface area contributed by atoms with Crippen LogP contribution in [0.5, 0.6) is 0 Å². The molecule has 1 amide bonds. The summed E-state index contributed by atoms with van der Waals surface area (Å²) in [5.74, 6) is 1.08. The average Bonchev–Trinajstić information content (AvgIpc) is 3.10. The Kier molecular flexibility index (Phi) is 7.73. The minimum absolute atomic E-state index is 0.233. The standard InChI is InChI=1S/C25H41N5O4Si/c1-25(2,3)34-24(31)29-9-7-18(8-10-29)20-14-30(17-32-11-12-35(4,5)6)23-22(20)28-21(13-26-23)27-19-15-33-16-19/h13-14,18-19H,7-12,15-17H2,1-6H3,(H,27,28). The number of nitrogens with one attached hydrogen (secondary N) is 1. The summed E-state index contributed by atoms with van der Waals surface area (Å²) in [5, 5.41) is 3.42. The second-order valence-electron chi connectivity index (χ2n) is 12.0. The molecule has 2 aliphatic heterocycles. The minimum Gasteiger partial charge on any atom is -0.444 e. The van der Waals surface area contributed by atoms with Gasteiger partial charge in [-0.2, -0.15) is 0 Å². The molecule has 0 saturated carbocycles. The molecule has 194 valence electrons. The molecule has 0 bridgehead atoms. The fourth-order valence-electron chi connectivity index (χ4n) is 4.31. The summed E-state index contributed by atoms with van der Waals surface area (Å²) in [4.78, 5) is 24.1. The van der Waals surface area contributed by atoms with E-state index in [4.69, 9.17) is 24.2 Å². The number of ether oxygens (including phenoxy) is 3. The van der Waals surface area contributed by atoms with Gasteiger partial charge in [-0.25, -0.2) is 14.8 Å². The van der Waals surface area contributed by atoms with Crippen LogP contribution in [0.15, 0.2) is 12.4 Å². The van der Waals surface area contributed by atoms with E-state index in [2.05, 4.69) is 35.7 Å². The zero-order chi connectivity index (χ0) is 25.2. The van der Waals surface area contributed by atoms with Gasteiger partial charge < -0.3 is 29.0 Å². The van der Waals surface area contributed by atoms with E-state index in [1.807, 2.05) is 25.7 Å². The van der Waals surface area contributed by atoms with E-state index in [-0.39, 0.29) is 12.1 Å². The number of amides is 1. The maximum Gasteiger partial charge on any atom is 0.410 e.